The lowest BCUT2D eigenvalue weighted by Gasteiger charge is -2.32. The number of quaternary nitrogens is 1. The maximum Gasteiger partial charge on any atom is 0.278 e. The summed E-state index contributed by atoms with van der Waals surface area (Å²) >= 11 is 0. The quantitative estimate of drug-likeness (QED) is 0.691. The molecule has 0 unspecified atom stereocenters. The molecule has 29 heavy (non-hydrogen) atoms. The van der Waals surface area contributed by atoms with E-state index in [1.807, 2.05) is 72.5 Å². The van der Waals surface area contributed by atoms with Crippen LogP contribution in [0.1, 0.15) is 18.1 Å². The van der Waals surface area contributed by atoms with Crippen molar-refractivity contribution in [1.82, 2.24) is 9.21 Å². The van der Waals surface area contributed by atoms with Crippen LogP contribution in [0.25, 0.3) is 0 Å². The predicted molar refractivity (Wildman–Crippen MR) is 114 cm³/mol. The highest BCUT2D eigenvalue weighted by atomic mass is 32.2. The standard InChI is InChI=1S/C22H29N3O3S/c1-2-24(17-20-9-5-3-6-10-20)22(26)18-23-13-15-25(16-14-23)29(27,28)19-21-11-7-4-8-12-21/h3-12H,2,13-19H2,1H3/p+1. The van der Waals surface area contributed by atoms with Crippen LogP contribution in [0.3, 0.4) is 0 Å². The highest BCUT2D eigenvalue weighted by molar-refractivity contribution is 7.88. The summed E-state index contributed by atoms with van der Waals surface area (Å²) in [5.74, 6) is 0.148. The number of carbonyl (C=O) groups excluding carboxylic acids is 1. The molecule has 0 aromatic heterocycles. The molecule has 0 bridgehead atoms. The maximum atomic E-state index is 12.7. The summed E-state index contributed by atoms with van der Waals surface area (Å²) in [5.41, 5.74) is 1.92. The largest absolute Gasteiger partial charge is 0.334 e. The molecule has 3 rings (SSSR count). The lowest BCUT2D eigenvalue weighted by Crippen LogP contribution is -3.15. The van der Waals surface area contributed by atoms with E-state index in [1.165, 1.54) is 0 Å². The second-order valence-electron chi connectivity index (χ2n) is 7.46. The first-order valence-corrected chi connectivity index (χ1v) is 11.8. The van der Waals surface area contributed by atoms with Gasteiger partial charge in [-0.25, -0.2) is 8.42 Å². The Morgan fingerprint density at radius 2 is 1.52 bits per heavy atom. The Labute approximate surface area is 173 Å². The number of rotatable bonds is 8. The molecule has 1 amide bonds. The normalized spacial score (nSPS) is 15.9. The number of piperazine rings is 1. The van der Waals surface area contributed by atoms with E-state index < -0.39 is 10.0 Å². The number of sulfonamides is 1. The number of likely N-dealkylation sites (N-methyl/N-ethyl adjacent to an activating group) is 1. The van der Waals surface area contributed by atoms with Crippen LogP contribution < -0.4 is 4.90 Å². The van der Waals surface area contributed by atoms with Crippen molar-refractivity contribution in [2.45, 2.75) is 19.2 Å². The van der Waals surface area contributed by atoms with Crippen molar-refractivity contribution in [1.29, 1.82) is 0 Å². The number of nitrogens with zero attached hydrogens (tertiary/aromatic N) is 2. The lowest BCUT2D eigenvalue weighted by molar-refractivity contribution is -0.896. The number of carbonyl (C=O) groups is 1. The molecule has 1 fully saturated rings. The fourth-order valence-corrected chi connectivity index (χ4v) is 5.17. The molecule has 7 heteroatoms. The first-order chi connectivity index (χ1) is 14.0. The molecule has 2 aromatic carbocycles. The number of amides is 1. The van der Waals surface area contributed by atoms with E-state index in [9.17, 15) is 13.2 Å². The van der Waals surface area contributed by atoms with Gasteiger partial charge in [0.1, 0.15) is 0 Å². The summed E-state index contributed by atoms with van der Waals surface area (Å²) in [6.45, 7) is 5.91. The van der Waals surface area contributed by atoms with Gasteiger partial charge in [0.25, 0.3) is 5.91 Å². The molecule has 0 radical (unpaired) electrons. The van der Waals surface area contributed by atoms with Gasteiger partial charge in [-0.2, -0.15) is 4.31 Å². The van der Waals surface area contributed by atoms with Gasteiger partial charge in [-0.3, -0.25) is 4.79 Å². The highest BCUT2D eigenvalue weighted by Gasteiger charge is 2.30. The molecule has 156 valence electrons. The van der Waals surface area contributed by atoms with E-state index in [4.69, 9.17) is 0 Å². The maximum absolute atomic E-state index is 12.7. The molecule has 1 aliphatic heterocycles. The van der Waals surface area contributed by atoms with Crippen LogP contribution in [0, 0.1) is 0 Å². The fraction of sp³-hybridized carbons (Fsp3) is 0.409. The molecule has 0 saturated carbocycles. The minimum atomic E-state index is -3.33. The fourth-order valence-electron chi connectivity index (χ4n) is 3.64. The van der Waals surface area contributed by atoms with Crippen LogP contribution in [0.5, 0.6) is 0 Å². The second kappa shape index (κ2) is 10.0. The zero-order valence-electron chi connectivity index (χ0n) is 17.0. The first kappa shape index (κ1) is 21.5. The van der Waals surface area contributed by atoms with Gasteiger partial charge in [0.15, 0.2) is 6.54 Å². The molecule has 1 saturated heterocycles. The predicted octanol–water partition coefficient (Wildman–Crippen LogP) is 0.766. The molecular weight excluding hydrogens is 386 g/mol. The van der Waals surface area contributed by atoms with Crippen molar-refractivity contribution in [3.05, 3.63) is 71.8 Å². The Morgan fingerprint density at radius 1 is 0.966 bits per heavy atom. The van der Waals surface area contributed by atoms with Crippen molar-refractivity contribution >= 4 is 15.9 Å². The summed E-state index contributed by atoms with van der Waals surface area (Å²) in [5, 5.41) is 0. The smallest absolute Gasteiger partial charge is 0.278 e. The summed E-state index contributed by atoms with van der Waals surface area (Å²) in [6, 6.07) is 19.2. The average molecular weight is 417 g/mol. The van der Waals surface area contributed by atoms with E-state index in [1.54, 1.807) is 4.31 Å². The summed E-state index contributed by atoms with van der Waals surface area (Å²) in [7, 11) is -3.33. The second-order valence-corrected chi connectivity index (χ2v) is 9.43. The van der Waals surface area contributed by atoms with Crippen LogP contribution >= 0.6 is 0 Å². The zero-order chi connectivity index (χ0) is 20.7. The van der Waals surface area contributed by atoms with Gasteiger partial charge < -0.3 is 9.80 Å². The Bertz CT molecular complexity index is 880. The van der Waals surface area contributed by atoms with Crippen molar-refractivity contribution in [2.24, 2.45) is 0 Å². The molecule has 0 atom stereocenters. The molecular formula is C22H30N3O3S+. The highest BCUT2D eigenvalue weighted by Crippen LogP contribution is 2.11. The van der Waals surface area contributed by atoms with Gasteiger partial charge in [-0.1, -0.05) is 60.7 Å². The van der Waals surface area contributed by atoms with Gasteiger partial charge >= 0.3 is 0 Å². The Morgan fingerprint density at radius 3 is 2.07 bits per heavy atom. The number of hydrogen-bond donors (Lipinski definition) is 1. The van der Waals surface area contributed by atoms with E-state index in [-0.39, 0.29) is 11.7 Å². The van der Waals surface area contributed by atoms with E-state index in [0.717, 1.165) is 16.0 Å². The third-order valence-electron chi connectivity index (χ3n) is 5.37. The molecule has 0 aliphatic carbocycles. The number of nitrogens with one attached hydrogen (secondary N) is 1. The zero-order valence-corrected chi connectivity index (χ0v) is 17.8. The SMILES string of the molecule is CCN(Cc1ccccc1)C(=O)C[NH+]1CCN(S(=O)(=O)Cc2ccccc2)CC1. The molecule has 6 nitrogen and oxygen atoms in total. The lowest BCUT2D eigenvalue weighted by atomic mass is 10.2. The molecule has 1 heterocycles. The van der Waals surface area contributed by atoms with Crippen molar-refractivity contribution in [3.63, 3.8) is 0 Å². The van der Waals surface area contributed by atoms with Crippen LogP contribution in [0.15, 0.2) is 60.7 Å². The first-order valence-electron chi connectivity index (χ1n) is 10.1. The van der Waals surface area contributed by atoms with Crippen molar-refractivity contribution in [2.75, 3.05) is 39.3 Å². The van der Waals surface area contributed by atoms with E-state index in [0.29, 0.717) is 45.8 Å². The summed E-state index contributed by atoms with van der Waals surface area (Å²) in [4.78, 5) is 15.7. The molecule has 2 aromatic rings. The topological polar surface area (TPSA) is 62.1 Å². The van der Waals surface area contributed by atoms with Crippen LogP contribution in [0.2, 0.25) is 0 Å². The third-order valence-corrected chi connectivity index (χ3v) is 7.22. The molecule has 1 N–H and O–H groups in total. The Kier molecular flexibility index (Phi) is 7.41. The summed E-state index contributed by atoms with van der Waals surface area (Å²) in [6.07, 6.45) is 0. The molecule has 0 spiro atoms. The minimum Gasteiger partial charge on any atom is -0.334 e. The van der Waals surface area contributed by atoms with Gasteiger partial charge in [0, 0.05) is 13.1 Å². The Balaban J connectivity index is 1.50. The van der Waals surface area contributed by atoms with Crippen LogP contribution in [0.4, 0.5) is 0 Å². The van der Waals surface area contributed by atoms with E-state index >= 15 is 0 Å². The molecule has 1 aliphatic rings. The van der Waals surface area contributed by atoms with Gasteiger partial charge in [0.2, 0.25) is 10.0 Å². The van der Waals surface area contributed by atoms with Gasteiger partial charge in [0.05, 0.1) is 31.9 Å². The van der Waals surface area contributed by atoms with Crippen LogP contribution in [-0.4, -0.2) is 62.8 Å². The average Bonchev–Trinajstić information content (AvgIpc) is 2.73. The van der Waals surface area contributed by atoms with Gasteiger partial charge in [-0.15, -0.1) is 0 Å². The number of hydrogen-bond acceptors (Lipinski definition) is 3. The minimum absolute atomic E-state index is 0.0305. The van der Waals surface area contributed by atoms with Crippen molar-refractivity contribution in [3.8, 4) is 0 Å². The Hall–Kier alpha value is -2.22. The van der Waals surface area contributed by atoms with E-state index in [2.05, 4.69) is 0 Å². The summed E-state index contributed by atoms with van der Waals surface area (Å²) < 4.78 is 26.9. The third kappa shape index (κ3) is 6.13. The number of benzene rings is 2. The monoisotopic (exact) mass is 416 g/mol. The van der Waals surface area contributed by atoms with Crippen LogP contribution in [-0.2, 0) is 27.1 Å². The van der Waals surface area contributed by atoms with Gasteiger partial charge in [-0.05, 0) is 18.1 Å². The van der Waals surface area contributed by atoms with Crippen molar-refractivity contribution < 1.29 is 18.1 Å².